The van der Waals surface area contributed by atoms with Gasteiger partial charge < -0.3 is 0 Å². The summed E-state index contributed by atoms with van der Waals surface area (Å²) in [4.78, 5) is 13.1. The molecule has 5 aromatic carbocycles. The lowest BCUT2D eigenvalue weighted by Crippen LogP contribution is -2.32. The van der Waals surface area contributed by atoms with E-state index in [-0.39, 0.29) is 0 Å². The molecule has 8 rings (SSSR count). The molecule has 0 bridgehead atoms. The maximum atomic E-state index is 4.88. The first kappa shape index (κ1) is 23.4. The number of hydrogen-bond acceptors (Lipinski definition) is 2. The summed E-state index contributed by atoms with van der Waals surface area (Å²) >= 11 is 0. The van der Waals surface area contributed by atoms with Crippen molar-refractivity contribution in [3.63, 3.8) is 0 Å². The highest BCUT2D eigenvalue weighted by Gasteiger charge is 2.21. The van der Waals surface area contributed by atoms with Crippen LogP contribution in [0.15, 0.2) is 122 Å². The highest BCUT2D eigenvalue weighted by molar-refractivity contribution is 5.84. The molecule has 0 radical (unpaired) electrons. The van der Waals surface area contributed by atoms with Crippen LogP contribution in [-0.4, -0.2) is 24.1 Å². The molecule has 0 atom stereocenters. The van der Waals surface area contributed by atoms with E-state index in [1.807, 2.05) is 18.5 Å². The number of rotatable bonds is 4. The van der Waals surface area contributed by atoms with E-state index in [1.165, 1.54) is 0 Å². The van der Waals surface area contributed by atoms with Crippen molar-refractivity contribution >= 4 is 33.1 Å². The first-order chi connectivity index (χ1) is 20.2. The van der Waals surface area contributed by atoms with Crippen molar-refractivity contribution < 1.29 is 4.57 Å². The van der Waals surface area contributed by atoms with Gasteiger partial charge >= 0.3 is 0 Å². The van der Waals surface area contributed by atoms with Gasteiger partial charge in [-0.15, -0.1) is 0 Å². The normalized spacial score (nSPS) is 11.7. The van der Waals surface area contributed by atoms with Gasteiger partial charge in [0, 0.05) is 18.6 Å². The van der Waals surface area contributed by atoms with Crippen molar-refractivity contribution in [1.29, 1.82) is 0 Å². The average molecular weight is 532 g/mol. The molecule has 0 aliphatic rings. The maximum absolute atomic E-state index is 4.88. The van der Waals surface area contributed by atoms with Gasteiger partial charge in [-0.1, -0.05) is 54.6 Å². The molecule has 1 N–H and O–H groups in total. The molecule has 6 heteroatoms. The lowest BCUT2D eigenvalue weighted by atomic mass is 10.0. The minimum Gasteiger partial charge on any atom is -0.298 e. The van der Waals surface area contributed by atoms with E-state index in [0.717, 1.165) is 72.9 Å². The van der Waals surface area contributed by atoms with Crippen LogP contribution in [0.25, 0.3) is 61.3 Å². The summed E-state index contributed by atoms with van der Waals surface area (Å²) in [6.07, 6.45) is 1.92. The van der Waals surface area contributed by atoms with Crippen LogP contribution in [0.3, 0.4) is 0 Å². The molecule has 0 amide bonds. The zero-order chi connectivity index (χ0) is 27.5. The van der Waals surface area contributed by atoms with Gasteiger partial charge in [-0.2, -0.15) is 4.57 Å². The van der Waals surface area contributed by atoms with Gasteiger partial charge in [0.2, 0.25) is 0 Å². The Bertz CT molecular complexity index is 2150. The van der Waals surface area contributed by atoms with Crippen LogP contribution in [0.5, 0.6) is 0 Å². The third kappa shape index (κ3) is 3.68. The second kappa shape index (κ2) is 9.03. The van der Waals surface area contributed by atoms with Gasteiger partial charge in [0.1, 0.15) is 17.8 Å². The zero-order valence-corrected chi connectivity index (χ0v) is 22.8. The number of imidazole rings is 3. The van der Waals surface area contributed by atoms with Crippen molar-refractivity contribution in [2.75, 3.05) is 0 Å². The van der Waals surface area contributed by atoms with Crippen LogP contribution in [-0.2, 0) is 0 Å². The SMILES string of the molecule is Cc1nc2ccccc2n1-c1cc(-c2ccccc2-n2cnc3ccccc32)cc(-[n+]2c(C)[nH]c3ccccc32)c1. The topological polar surface area (TPSA) is 55.3 Å². The number of nitrogens with one attached hydrogen (secondary N) is 1. The Labute approximate surface area is 236 Å². The molecule has 0 saturated heterocycles. The van der Waals surface area contributed by atoms with E-state index < -0.39 is 0 Å². The monoisotopic (exact) mass is 531 g/mol. The Hall–Kier alpha value is -5.49. The van der Waals surface area contributed by atoms with Crippen molar-refractivity contribution in [2.45, 2.75) is 13.8 Å². The molecular weight excluding hydrogens is 504 g/mol. The van der Waals surface area contributed by atoms with Crippen LogP contribution in [0, 0.1) is 13.8 Å². The number of para-hydroxylation sites is 7. The molecule has 41 heavy (non-hydrogen) atoms. The van der Waals surface area contributed by atoms with Gasteiger partial charge in [-0.05, 0) is 67.1 Å². The predicted molar refractivity (Wildman–Crippen MR) is 164 cm³/mol. The third-order valence-electron chi connectivity index (χ3n) is 7.87. The summed E-state index contributed by atoms with van der Waals surface area (Å²) in [5, 5.41) is 0. The lowest BCUT2D eigenvalue weighted by Gasteiger charge is -2.15. The largest absolute Gasteiger partial charge is 0.298 e. The van der Waals surface area contributed by atoms with Gasteiger partial charge in [0.15, 0.2) is 11.0 Å². The Balaban J connectivity index is 1.43. The fraction of sp³-hybridized carbons (Fsp3) is 0.0571. The fourth-order valence-corrected chi connectivity index (χ4v) is 6.10. The molecule has 196 valence electrons. The molecule has 0 aliphatic carbocycles. The quantitative estimate of drug-likeness (QED) is 0.241. The highest BCUT2D eigenvalue weighted by Crippen LogP contribution is 2.33. The molecule has 6 nitrogen and oxygen atoms in total. The van der Waals surface area contributed by atoms with Crippen LogP contribution >= 0.6 is 0 Å². The molecular formula is C35H27N6+. The number of aromatic amines is 1. The van der Waals surface area contributed by atoms with Gasteiger partial charge in [-0.25, -0.2) is 15.0 Å². The Morgan fingerprint density at radius 3 is 2.34 bits per heavy atom. The van der Waals surface area contributed by atoms with E-state index in [1.54, 1.807) is 0 Å². The molecule has 3 heterocycles. The summed E-state index contributed by atoms with van der Waals surface area (Å²) in [6, 6.07) is 40.4. The van der Waals surface area contributed by atoms with E-state index in [9.17, 15) is 0 Å². The van der Waals surface area contributed by atoms with E-state index in [2.05, 4.69) is 141 Å². The van der Waals surface area contributed by atoms with Crippen LogP contribution in [0.2, 0.25) is 0 Å². The summed E-state index contributed by atoms with van der Waals surface area (Å²) < 4.78 is 6.73. The molecule has 0 saturated carbocycles. The molecule has 0 spiro atoms. The molecule has 3 aromatic heterocycles. The number of aryl methyl sites for hydroxylation is 2. The number of fused-ring (bicyclic) bond motifs is 3. The van der Waals surface area contributed by atoms with Crippen LogP contribution in [0.4, 0.5) is 0 Å². The Morgan fingerprint density at radius 2 is 1.44 bits per heavy atom. The first-order valence-electron chi connectivity index (χ1n) is 13.8. The summed E-state index contributed by atoms with van der Waals surface area (Å²) in [5.41, 5.74) is 11.8. The Kier molecular flexibility index (Phi) is 5.15. The number of H-pyrrole nitrogens is 1. The number of benzene rings is 5. The van der Waals surface area contributed by atoms with Crippen molar-refractivity contribution in [3.05, 3.63) is 133 Å². The van der Waals surface area contributed by atoms with Crippen LogP contribution < -0.4 is 4.57 Å². The van der Waals surface area contributed by atoms with E-state index in [4.69, 9.17) is 4.98 Å². The minimum absolute atomic E-state index is 0.948. The molecule has 0 aliphatic heterocycles. The third-order valence-corrected chi connectivity index (χ3v) is 7.87. The van der Waals surface area contributed by atoms with Crippen molar-refractivity contribution in [2.24, 2.45) is 0 Å². The predicted octanol–water partition coefficient (Wildman–Crippen LogP) is 7.41. The number of hydrogen-bond donors (Lipinski definition) is 1. The van der Waals surface area contributed by atoms with Crippen molar-refractivity contribution in [3.8, 4) is 28.2 Å². The molecule has 0 fully saturated rings. The van der Waals surface area contributed by atoms with Gasteiger partial charge in [0.05, 0.1) is 33.4 Å². The standard InChI is InChI=1S/C35H26N6/c1-23-37-30-13-5-9-17-34(30)40(23)26-19-25(20-27(21-26)41-24(2)38-31-14-6-10-18-35(31)41)28-11-3-7-15-32(28)39-22-36-29-12-4-8-16-33(29)39/h3-22H,1-2H3/p+1. The van der Waals surface area contributed by atoms with Crippen LogP contribution in [0.1, 0.15) is 11.6 Å². The zero-order valence-electron chi connectivity index (χ0n) is 22.8. The second-order valence-corrected chi connectivity index (χ2v) is 10.4. The summed E-state index contributed by atoms with van der Waals surface area (Å²) in [5.74, 6) is 2.01. The van der Waals surface area contributed by atoms with Gasteiger partial charge in [0.25, 0.3) is 5.82 Å². The van der Waals surface area contributed by atoms with E-state index >= 15 is 0 Å². The molecule has 0 unspecified atom stereocenters. The number of aromatic nitrogens is 6. The highest BCUT2D eigenvalue weighted by atomic mass is 15.1. The first-order valence-corrected chi connectivity index (χ1v) is 13.8. The maximum Gasteiger partial charge on any atom is 0.257 e. The lowest BCUT2D eigenvalue weighted by molar-refractivity contribution is -0.574. The van der Waals surface area contributed by atoms with E-state index in [0.29, 0.717) is 0 Å². The van der Waals surface area contributed by atoms with Gasteiger partial charge in [-0.3, -0.25) is 9.13 Å². The second-order valence-electron chi connectivity index (χ2n) is 10.4. The number of nitrogens with zero attached hydrogens (tertiary/aromatic N) is 5. The minimum atomic E-state index is 0.948. The molecule has 8 aromatic rings. The summed E-state index contributed by atoms with van der Waals surface area (Å²) in [7, 11) is 0. The van der Waals surface area contributed by atoms with Crippen molar-refractivity contribution in [1.82, 2.24) is 24.1 Å². The Morgan fingerprint density at radius 1 is 0.707 bits per heavy atom. The smallest absolute Gasteiger partial charge is 0.257 e. The average Bonchev–Trinajstić information content (AvgIpc) is 3.68. The fourth-order valence-electron chi connectivity index (χ4n) is 6.10. The summed E-state index contributed by atoms with van der Waals surface area (Å²) in [6.45, 7) is 4.19.